The molecule has 0 spiro atoms. The molecule has 5 nitrogen and oxygen atoms in total. The minimum Gasteiger partial charge on any atom is -0.396 e. The molecule has 3 N–H and O–H groups in total. The summed E-state index contributed by atoms with van der Waals surface area (Å²) < 4.78 is 5.48. The summed E-state index contributed by atoms with van der Waals surface area (Å²) in [6, 6.07) is 5.84. The van der Waals surface area contributed by atoms with Gasteiger partial charge in [0.05, 0.1) is 11.8 Å². The van der Waals surface area contributed by atoms with Crippen LogP contribution in [-0.4, -0.2) is 23.7 Å². The summed E-state index contributed by atoms with van der Waals surface area (Å²) in [7, 11) is 0. The highest BCUT2D eigenvalue weighted by atomic mass is 16.5. The van der Waals surface area contributed by atoms with Gasteiger partial charge in [-0.25, -0.2) is 4.98 Å². The molecule has 5 heteroatoms. The van der Waals surface area contributed by atoms with Gasteiger partial charge in [0.25, 0.3) is 0 Å². The van der Waals surface area contributed by atoms with Gasteiger partial charge in [-0.3, -0.25) is 0 Å². The molecule has 1 aromatic rings. The van der Waals surface area contributed by atoms with Crippen LogP contribution in [0.25, 0.3) is 0 Å². The van der Waals surface area contributed by atoms with Crippen molar-refractivity contribution in [1.29, 1.82) is 5.26 Å². The molecule has 0 bridgehead atoms. The molecule has 1 aliphatic heterocycles. The van der Waals surface area contributed by atoms with Crippen molar-refractivity contribution in [2.24, 2.45) is 0 Å². The third kappa shape index (κ3) is 2.86. The molecule has 0 aliphatic carbocycles. The summed E-state index contributed by atoms with van der Waals surface area (Å²) >= 11 is 0. The average molecular weight is 232 g/mol. The predicted octanol–water partition coefficient (Wildman–Crippen LogP) is 1.51. The van der Waals surface area contributed by atoms with Crippen molar-refractivity contribution in [2.45, 2.75) is 31.9 Å². The zero-order chi connectivity index (χ0) is 12.3. The number of ether oxygens (including phenoxy) is 1. The first-order valence-electron chi connectivity index (χ1n) is 5.74. The second kappa shape index (κ2) is 5.02. The highest BCUT2D eigenvalue weighted by Gasteiger charge is 2.19. The van der Waals surface area contributed by atoms with E-state index in [0.29, 0.717) is 17.5 Å². The van der Waals surface area contributed by atoms with Gasteiger partial charge in [0.15, 0.2) is 5.69 Å². The molecule has 2 unspecified atom stereocenters. The molecular formula is C12H16N4O. The first-order valence-corrected chi connectivity index (χ1v) is 5.74. The minimum absolute atomic E-state index is 0.269. The lowest BCUT2D eigenvalue weighted by atomic mass is 10.0. The van der Waals surface area contributed by atoms with E-state index in [-0.39, 0.29) is 11.8 Å². The summed E-state index contributed by atoms with van der Waals surface area (Å²) in [4.78, 5) is 4.17. The second-order valence-electron chi connectivity index (χ2n) is 4.29. The standard InChI is InChI=1S/C12H16N4O/c1-8-6-9(4-5-17-8)15-12-3-2-10(14)11(7-13)16-12/h2-3,8-9H,4-6,14H2,1H3,(H,15,16). The van der Waals surface area contributed by atoms with Gasteiger partial charge in [0, 0.05) is 12.6 Å². The van der Waals surface area contributed by atoms with E-state index < -0.39 is 0 Å². The van der Waals surface area contributed by atoms with Crippen LogP contribution in [0, 0.1) is 11.3 Å². The Kier molecular flexibility index (Phi) is 3.45. The van der Waals surface area contributed by atoms with Gasteiger partial charge in [-0.2, -0.15) is 5.26 Å². The number of aromatic nitrogens is 1. The van der Waals surface area contributed by atoms with Gasteiger partial charge in [0.2, 0.25) is 0 Å². The van der Waals surface area contributed by atoms with Gasteiger partial charge in [0.1, 0.15) is 11.9 Å². The average Bonchev–Trinajstić information content (AvgIpc) is 2.32. The van der Waals surface area contributed by atoms with E-state index in [1.165, 1.54) is 0 Å². The van der Waals surface area contributed by atoms with Gasteiger partial charge in [-0.05, 0) is 31.9 Å². The number of hydrogen-bond acceptors (Lipinski definition) is 5. The van der Waals surface area contributed by atoms with Crippen LogP contribution in [0.5, 0.6) is 0 Å². The molecule has 2 heterocycles. The molecule has 0 radical (unpaired) electrons. The summed E-state index contributed by atoms with van der Waals surface area (Å²) in [6.45, 7) is 2.82. The van der Waals surface area contributed by atoms with E-state index in [0.717, 1.165) is 19.4 Å². The highest BCUT2D eigenvalue weighted by molar-refractivity contribution is 5.54. The van der Waals surface area contributed by atoms with Crippen LogP contribution >= 0.6 is 0 Å². The van der Waals surface area contributed by atoms with Crippen molar-refractivity contribution >= 4 is 11.5 Å². The van der Waals surface area contributed by atoms with Crippen molar-refractivity contribution < 1.29 is 4.74 Å². The zero-order valence-electron chi connectivity index (χ0n) is 9.81. The first kappa shape index (κ1) is 11.7. The summed E-state index contributed by atoms with van der Waals surface area (Å²) in [5.41, 5.74) is 6.31. The maximum atomic E-state index is 8.85. The Morgan fingerprint density at radius 2 is 2.41 bits per heavy atom. The van der Waals surface area contributed by atoms with Gasteiger partial charge in [-0.1, -0.05) is 0 Å². The van der Waals surface area contributed by atoms with Crippen molar-refractivity contribution in [3.05, 3.63) is 17.8 Å². The maximum Gasteiger partial charge on any atom is 0.165 e. The number of nitrogens with two attached hydrogens (primary N) is 1. The van der Waals surface area contributed by atoms with Crippen molar-refractivity contribution in [1.82, 2.24) is 4.98 Å². The first-order chi connectivity index (χ1) is 8.19. The molecular weight excluding hydrogens is 216 g/mol. The molecule has 0 amide bonds. The van der Waals surface area contributed by atoms with Gasteiger partial charge >= 0.3 is 0 Å². The second-order valence-corrected chi connectivity index (χ2v) is 4.29. The van der Waals surface area contributed by atoms with Gasteiger partial charge in [-0.15, -0.1) is 0 Å². The fraction of sp³-hybridized carbons (Fsp3) is 0.500. The fourth-order valence-electron chi connectivity index (χ4n) is 1.98. The number of anilines is 2. The molecule has 1 fully saturated rings. The third-order valence-electron chi connectivity index (χ3n) is 2.87. The van der Waals surface area contributed by atoms with Crippen molar-refractivity contribution in [3.8, 4) is 6.07 Å². The molecule has 1 aliphatic rings. The Balaban J connectivity index is 2.06. The summed E-state index contributed by atoms with van der Waals surface area (Å²) in [6.07, 6.45) is 2.18. The molecule has 2 atom stereocenters. The Bertz CT molecular complexity index is 441. The maximum absolute atomic E-state index is 8.85. The summed E-state index contributed by atoms with van der Waals surface area (Å²) in [5.74, 6) is 0.704. The van der Waals surface area contributed by atoms with E-state index >= 15 is 0 Å². The third-order valence-corrected chi connectivity index (χ3v) is 2.87. The monoisotopic (exact) mass is 232 g/mol. The topological polar surface area (TPSA) is 84.0 Å². The normalized spacial score (nSPS) is 24.0. The smallest absolute Gasteiger partial charge is 0.165 e. The zero-order valence-corrected chi connectivity index (χ0v) is 9.81. The van der Waals surface area contributed by atoms with E-state index in [4.69, 9.17) is 15.7 Å². The molecule has 1 saturated heterocycles. The molecule has 1 aromatic heterocycles. The molecule has 0 aromatic carbocycles. The number of nitrogen functional groups attached to an aromatic ring is 1. The number of nitrogens with zero attached hydrogens (tertiary/aromatic N) is 2. The van der Waals surface area contributed by atoms with Crippen LogP contribution in [-0.2, 0) is 4.74 Å². The lowest BCUT2D eigenvalue weighted by molar-refractivity contribution is 0.0232. The number of rotatable bonds is 2. The van der Waals surface area contributed by atoms with Crippen LogP contribution in [0.4, 0.5) is 11.5 Å². The number of nitrogens with one attached hydrogen (secondary N) is 1. The molecule has 90 valence electrons. The van der Waals surface area contributed by atoms with E-state index in [1.807, 2.05) is 6.07 Å². The highest BCUT2D eigenvalue weighted by Crippen LogP contribution is 2.19. The van der Waals surface area contributed by atoms with Crippen LogP contribution in [0.3, 0.4) is 0 Å². The van der Waals surface area contributed by atoms with Crippen molar-refractivity contribution in [3.63, 3.8) is 0 Å². The van der Waals surface area contributed by atoms with E-state index in [1.54, 1.807) is 12.1 Å². The van der Waals surface area contributed by atoms with Crippen molar-refractivity contribution in [2.75, 3.05) is 17.7 Å². The summed E-state index contributed by atoms with van der Waals surface area (Å²) in [5, 5.41) is 12.2. The molecule has 0 saturated carbocycles. The largest absolute Gasteiger partial charge is 0.396 e. The van der Waals surface area contributed by atoms with E-state index in [9.17, 15) is 0 Å². The number of hydrogen-bond donors (Lipinski definition) is 2. The SMILES string of the molecule is CC1CC(Nc2ccc(N)c(C#N)n2)CCO1. The molecule has 17 heavy (non-hydrogen) atoms. The quantitative estimate of drug-likeness (QED) is 0.807. The van der Waals surface area contributed by atoms with Crippen LogP contribution in [0.2, 0.25) is 0 Å². The van der Waals surface area contributed by atoms with E-state index in [2.05, 4.69) is 17.2 Å². The predicted molar refractivity (Wildman–Crippen MR) is 65.4 cm³/mol. The van der Waals surface area contributed by atoms with Crippen LogP contribution in [0.1, 0.15) is 25.5 Å². The Hall–Kier alpha value is -1.80. The molecule has 2 rings (SSSR count). The Labute approximate surface area is 101 Å². The Morgan fingerprint density at radius 3 is 3.12 bits per heavy atom. The van der Waals surface area contributed by atoms with Crippen LogP contribution in [0.15, 0.2) is 12.1 Å². The van der Waals surface area contributed by atoms with Gasteiger partial charge < -0.3 is 15.8 Å². The lowest BCUT2D eigenvalue weighted by Gasteiger charge is -2.28. The minimum atomic E-state index is 0.269. The number of pyridine rings is 1. The number of nitriles is 1. The fourth-order valence-corrected chi connectivity index (χ4v) is 1.98. The Morgan fingerprint density at radius 1 is 1.59 bits per heavy atom. The van der Waals surface area contributed by atoms with Crippen LogP contribution < -0.4 is 11.1 Å². The lowest BCUT2D eigenvalue weighted by Crippen LogP contribution is -2.32.